The molecule has 1 aromatic carbocycles. The van der Waals surface area contributed by atoms with Crippen LogP contribution in [0.2, 0.25) is 0 Å². The van der Waals surface area contributed by atoms with E-state index in [0.29, 0.717) is 12.5 Å². The molecular weight excluding hydrogens is 266 g/mol. The molecule has 0 bridgehead atoms. The van der Waals surface area contributed by atoms with Crippen LogP contribution in [0.25, 0.3) is 0 Å². The molecule has 112 valence electrons. The summed E-state index contributed by atoms with van der Waals surface area (Å²) in [6, 6.07) is 7.77. The number of benzene rings is 1. The van der Waals surface area contributed by atoms with Crippen molar-refractivity contribution in [2.24, 2.45) is 5.92 Å². The summed E-state index contributed by atoms with van der Waals surface area (Å²) in [4.78, 5) is 25.6. The first-order chi connectivity index (χ1) is 10.1. The Morgan fingerprint density at radius 1 is 1.29 bits per heavy atom. The van der Waals surface area contributed by atoms with E-state index in [9.17, 15) is 14.7 Å². The Labute approximate surface area is 124 Å². The summed E-state index contributed by atoms with van der Waals surface area (Å²) in [6.45, 7) is 2.65. The molecule has 2 aliphatic rings. The Bertz CT molecular complexity index is 565. The second kappa shape index (κ2) is 5.51. The molecule has 2 fully saturated rings. The average Bonchev–Trinajstić information content (AvgIpc) is 3.25. The molecule has 1 aliphatic carbocycles. The Morgan fingerprint density at radius 2 is 1.95 bits per heavy atom. The second-order valence-corrected chi connectivity index (χ2v) is 6.08. The van der Waals surface area contributed by atoms with Crippen LogP contribution in [0.4, 0.5) is 0 Å². The first-order valence-corrected chi connectivity index (χ1v) is 7.74. The van der Waals surface area contributed by atoms with E-state index in [0.717, 1.165) is 12.0 Å². The van der Waals surface area contributed by atoms with Crippen molar-refractivity contribution in [3.8, 4) is 0 Å². The number of hydrogen-bond donors (Lipinski definition) is 1. The van der Waals surface area contributed by atoms with Gasteiger partial charge in [-0.25, -0.2) is 0 Å². The fraction of sp³-hybridized carbons (Fsp3) is 0.529. The lowest BCUT2D eigenvalue weighted by Gasteiger charge is -2.28. The van der Waals surface area contributed by atoms with Crippen LogP contribution < -0.4 is 0 Å². The van der Waals surface area contributed by atoms with E-state index in [4.69, 9.17) is 0 Å². The highest BCUT2D eigenvalue weighted by Crippen LogP contribution is 2.47. The van der Waals surface area contributed by atoms with Crippen molar-refractivity contribution in [1.29, 1.82) is 0 Å². The average molecular weight is 287 g/mol. The third kappa shape index (κ3) is 2.55. The number of carboxylic acid groups (broad SMARTS) is 1. The molecule has 21 heavy (non-hydrogen) atoms. The maximum atomic E-state index is 12.2. The van der Waals surface area contributed by atoms with E-state index in [-0.39, 0.29) is 18.4 Å². The first-order valence-electron chi connectivity index (χ1n) is 7.74. The second-order valence-electron chi connectivity index (χ2n) is 6.08. The predicted octanol–water partition coefficient (Wildman–Crippen LogP) is 2.95. The van der Waals surface area contributed by atoms with Crippen molar-refractivity contribution in [3.05, 3.63) is 35.4 Å². The smallest absolute Gasteiger partial charge is 0.309 e. The lowest BCUT2D eigenvalue weighted by molar-refractivity contribution is -0.142. The van der Waals surface area contributed by atoms with E-state index in [1.807, 2.05) is 25.1 Å². The van der Waals surface area contributed by atoms with Gasteiger partial charge in [-0.3, -0.25) is 9.59 Å². The van der Waals surface area contributed by atoms with Crippen LogP contribution in [0.5, 0.6) is 0 Å². The maximum Gasteiger partial charge on any atom is 0.309 e. The maximum absolute atomic E-state index is 12.2. The summed E-state index contributed by atoms with van der Waals surface area (Å²) in [6.07, 6.45) is 3.31. The number of carbonyl (C=O) groups is 2. The minimum absolute atomic E-state index is 0.0279. The molecule has 1 N–H and O–H groups in total. The highest BCUT2D eigenvalue weighted by atomic mass is 16.4. The van der Waals surface area contributed by atoms with Crippen LogP contribution in [0.3, 0.4) is 0 Å². The zero-order valence-electron chi connectivity index (χ0n) is 12.3. The number of amides is 1. The van der Waals surface area contributed by atoms with Crippen molar-refractivity contribution >= 4 is 11.9 Å². The van der Waals surface area contributed by atoms with Crippen LogP contribution >= 0.6 is 0 Å². The highest BCUT2D eigenvalue weighted by molar-refractivity contribution is 5.87. The lowest BCUT2D eigenvalue weighted by Crippen LogP contribution is -2.31. The molecular formula is C17H21NO3. The van der Waals surface area contributed by atoms with Gasteiger partial charge in [-0.15, -0.1) is 0 Å². The van der Waals surface area contributed by atoms with Gasteiger partial charge in [0.1, 0.15) is 0 Å². The molecule has 1 saturated heterocycles. The number of aliphatic carboxylic acids is 1. The van der Waals surface area contributed by atoms with Gasteiger partial charge >= 0.3 is 5.97 Å². The van der Waals surface area contributed by atoms with Gasteiger partial charge < -0.3 is 10.0 Å². The molecule has 1 saturated carbocycles. The number of hydrogen-bond acceptors (Lipinski definition) is 2. The van der Waals surface area contributed by atoms with Crippen molar-refractivity contribution < 1.29 is 14.7 Å². The van der Waals surface area contributed by atoms with Gasteiger partial charge in [-0.1, -0.05) is 31.2 Å². The SMILES string of the molecule is CCCN1C(=O)CC(C(=O)O)C1c1ccccc1C1CC1. The Morgan fingerprint density at radius 3 is 2.52 bits per heavy atom. The Balaban J connectivity index is 2.02. The van der Waals surface area contributed by atoms with Crippen LogP contribution in [0, 0.1) is 5.92 Å². The number of carbonyl (C=O) groups excluding carboxylic acids is 1. The van der Waals surface area contributed by atoms with Gasteiger partial charge in [-0.05, 0) is 36.3 Å². The number of nitrogens with zero attached hydrogens (tertiary/aromatic N) is 1. The van der Waals surface area contributed by atoms with Crippen LogP contribution in [0.1, 0.15) is 55.7 Å². The fourth-order valence-corrected chi connectivity index (χ4v) is 3.45. The quantitative estimate of drug-likeness (QED) is 0.905. The topological polar surface area (TPSA) is 57.6 Å². The fourth-order valence-electron chi connectivity index (χ4n) is 3.45. The van der Waals surface area contributed by atoms with E-state index < -0.39 is 11.9 Å². The minimum atomic E-state index is -0.863. The van der Waals surface area contributed by atoms with E-state index in [2.05, 4.69) is 6.07 Å². The van der Waals surface area contributed by atoms with Gasteiger partial charge in [0.05, 0.1) is 12.0 Å². The zero-order valence-corrected chi connectivity index (χ0v) is 12.3. The molecule has 2 atom stereocenters. The standard InChI is InChI=1S/C17H21NO3/c1-2-9-18-15(19)10-14(17(20)21)16(18)13-6-4-3-5-12(13)11-7-8-11/h3-6,11,14,16H,2,7-10H2,1H3,(H,20,21). The van der Waals surface area contributed by atoms with Gasteiger partial charge in [0.25, 0.3) is 0 Å². The molecule has 2 unspecified atom stereocenters. The lowest BCUT2D eigenvalue weighted by atomic mass is 9.89. The summed E-state index contributed by atoms with van der Waals surface area (Å²) in [7, 11) is 0. The normalized spacial score (nSPS) is 25.4. The summed E-state index contributed by atoms with van der Waals surface area (Å²) in [5.74, 6) is -0.962. The molecule has 3 rings (SSSR count). The van der Waals surface area contributed by atoms with Gasteiger partial charge in [0.2, 0.25) is 5.91 Å². The van der Waals surface area contributed by atoms with Gasteiger partial charge in [0, 0.05) is 13.0 Å². The molecule has 0 spiro atoms. The van der Waals surface area contributed by atoms with Crippen LogP contribution in [-0.4, -0.2) is 28.4 Å². The zero-order chi connectivity index (χ0) is 15.0. The van der Waals surface area contributed by atoms with Crippen molar-refractivity contribution in [2.75, 3.05) is 6.54 Å². The van der Waals surface area contributed by atoms with Gasteiger partial charge in [-0.2, -0.15) is 0 Å². The molecule has 4 heteroatoms. The molecule has 0 aromatic heterocycles. The molecule has 1 aliphatic heterocycles. The van der Waals surface area contributed by atoms with Crippen molar-refractivity contribution in [2.45, 2.75) is 44.6 Å². The van der Waals surface area contributed by atoms with E-state index in [1.165, 1.54) is 18.4 Å². The van der Waals surface area contributed by atoms with E-state index in [1.54, 1.807) is 4.90 Å². The highest BCUT2D eigenvalue weighted by Gasteiger charge is 2.45. The predicted molar refractivity (Wildman–Crippen MR) is 78.9 cm³/mol. The Hall–Kier alpha value is -1.84. The van der Waals surface area contributed by atoms with Gasteiger partial charge in [0.15, 0.2) is 0 Å². The van der Waals surface area contributed by atoms with Crippen LogP contribution in [-0.2, 0) is 9.59 Å². The van der Waals surface area contributed by atoms with Crippen LogP contribution in [0.15, 0.2) is 24.3 Å². The number of carboxylic acids is 1. The molecule has 1 heterocycles. The summed E-state index contributed by atoms with van der Waals surface area (Å²) in [5.41, 5.74) is 2.29. The molecule has 4 nitrogen and oxygen atoms in total. The van der Waals surface area contributed by atoms with Crippen molar-refractivity contribution in [1.82, 2.24) is 4.90 Å². The third-order valence-electron chi connectivity index (χ3n) is 4.55. The molecule has 0 radical (unpaired) electrons. The summed E-state index contributed by atoms with van der Waals surface area (Å²) in [5, 5.41) is 9.51. The van der Waals surface area contributed by atoms with Crippen molar-refractivity contribution in [3.63, 3.8) is 0 Å². The number of rotatable bonds is 5. The molecule has 1 amide bonds. The monoisotopic (exact) mass is 287 g/mol. The van der Waals surface area contributed by atoms with E-state index >= 15 is 0 Å². The Kier molecular flexibility index (Phi) is 3.70. The molecule has 1 aromatic rings. The summed E-state index contributed by atoms with van der Waals surface area (Å²) >= 11 is 0. The first kappa shape index (κ1) is 14.1. The minimum Gasteiger partial charge on any atom is -0.481 e. The summed E-state index contributed by atoms with van der Waals surface area (Å²) < 4.78 is 0. The largest absolute Gasteiger partial charge is 0.481 e. The third-order valence-corrected chi connectivity index (χ3v) is 4.55. The number of likely N-dealkylation sites (tertiary alicyclic amines) is 1.